The number of hydrogen-bond acceptors (Lipinski definition) is 7. The predicted octanol–water partition coefficient (Wildman–Crippen LogP) is 4.32. The van der Waals surface area contributed by atoms with Crippen molar-refractivity contribution in [1.82, 2.24) is 15.1 Å². The number of halogens is 1. The number of esters is 1. The van der Waals surface area contributed by atoms with Crippen molar-refractivity contribution in [3.05, 3.63) is 58.6 Å². The summed E-state index contributed by atoms with van der Waals surface area (Å²) in [5.41, 5.74) is -0.607. The standard InChI is InChI=1S/C36H46BrN3O7/c1-23-30(24-14-6-2-7-15-24)46-35(45)28-29-33(43)40(20-12-5-13-21-41)32(36(29)22-26(37)31(28)47-36)34(44)39(25-16-8-3-9-17-25)19-11-4-10-18-27(42)38-23/h2,4,6-7,11,14-15,22-23,25,28-32,41H,3,5,8-10,12-13,16-21H2,1H3,(H,38,42)/b11-4-/t23-,28+,29-,30+,31+,32+,36-/m1/s1. The fraction of sp³-hybridized carbons (Fsp3) is 0.611. The first-order valence-electron chi connectivity index (χ1n) is 17.2. The van der Waals surface area contributed by atoms with Crippen molar-refractivity contribution < 1.29 is 33.8 Å². The first-order valence-corrected chi connectivity index (χ1v) is 18.0. The van der Waals surface area contributed by atoms with Gasteiger partial charge in [0.2, 0.25) is 17.7 Å². The Morgan fingerprint density at radius 2 is 1.74 bits per heavy atom. The van der Waals surface area contributed by atoms with Gasteiger partial charge in [-0.05, 0) is 57.1 Å². The third-order valence-corrected chi connectivity index (χ3v) is 11.2. The molecule has 0 unspecified atom stereocenters. The highest BCUT2D eigenvalue weighted by molar-refractivity contribution is 9.11. The number of hydrogen-bond donors (Lipinski definition) is 2. The van der Waals surface area contributed by atoms with Gasteiger partial charge in [0.1, 0.15) is 29.8 Å². The van der Waals surface area contributed by atoms with Crippen LogP contribution in [-0.2, 0) is 28.7 Å². The zero-order valence-electron chi connectivity index (χ0n) is 27.0. The Morgan fingerprint density at radius 3 is 2.49 bits per heavy atom. The van der Waals surface area contributed by atoms with Crippen LogP contribution in [-0.4, -0.2) is 88.1 Å². The Hall–Kier alpha value is -3.02. The van der Waals surface area contributed by atoms with E-state index in [1.807, 2.05) is 60.4 Å². The minimum atomic E-state index is -1.33. The number of unbranched alkanes of at least 4 members (excludes halogenated alkanes) is 2. The van der Waals surface area contributed by atoms with Crippen molar-refractivity contribution in [3.63, 3.8) is 0 Å². The maximum Gasteiger partial charge on any atom is 0.313 e. The van der Waals surface area contributed by atoms with E-state index < -0.39 is 47.7 Å². The van der Waals surface area contributed by atoms with Crippen LogP contribution in [0, 0.1) is 11.8 Å². The van der Waals surface area contributed by atoms with Crippen LogP contribution in [0.2, 0.25) is 0 Å². The highest BCUT2D eigenvalue weighted by Crippen LogP contribution is 2.59. The van der Waals surface area contributed by atoms with Gasteiger partial charge in [-0.15, -0.1) is 0 Å². The predicted molar refractivity (Wildman–Crippen MR) is 178 cm³/mol. The molecule has 0 aromatic heterocycles. The van der Waals surface area contributed by atoms with Crippen molar-refractivity contribution >= 4 is 39.6 Å². The molecule has 1 aromatic rings. The second-order valence-corrected chi connectivity index (χ2v) is 14.5. The van der Waals surface area contributed by atoms with E-state index in [-0.39, 0.29) is 36.8 Å². The number of ether oxygens (including phenoxy) is 2. The van der Waals surface area contributed by atoms with E-state index in [1.165, 1.54) is 0 Å². The fourth-order valence-corrected chi connectivity index (χ4v) is 9.01. The molecule has 4 aliphatic heterocycles. The van der Waals surface area contributed by atoms with Crippen LogP contribution in [0.15, 0.2) is 53.0 Å². The average molecular weight is 713 g/mol. The van der Waals surface area contributed by atoms with E-state index in [0.717, 1.165) is 37.7 Å². The number of carbonyl (C=O) groups is 4. The normalized spacial score (nSPS) is 34.2. The molecule has 3 amide bonds. The number of amides is 3. The smallest absolute Gasteiger partial charge is 0.313 e. The summed E-state index contributed by atoms with van der Waals surface area (Å²) in [6.45, 7) is 2.55. The maximum absolute atomic E-state index is 14.9. The molecule has 10 nitrogen and oxygen atoms in total. The molecular formula is C36H46BrN3O7. The summed E-state index contributed by atoms with van der Waals surface area (Å²) >= 11 is 3.64. The van der Waals surface area contributed by atoms with Gasteiger partial charge in [-0.2, -0.15) is 0 Å². The number of nitrogens with one attached hydrogen (secondary N) is 1. The zero-order valence-corrected chi connectivity index (χ0v) is 28.6. The Balaban J connectivity index is 1.42. The molecule has 3 fully saturated rings. The summed E-state index contributed by atoms with van der Waals surface area (Å²) in [7, 11) is 0. The van der Waals surface area contributed by atoms with Crippen molar-refractivity contribution in [2.45, 2.75) is 107 Å². The molecule has 0 radical (unpaired) electrons. The molecule has 1 aromatic carbocycles. The SMILES string of the molecule is C[C@H]1NC(=O)CC/C=C\CN(C2CCCCC2)C(=O)[C@@H]2N(CCCCCO)C(=O)[C@H]3[C@H](C(=O)O[C@@H]1c1ccccc1)[C@H]1O[C@@]23C=C1Br. The quantitative estimate of drug-likeness (QED) is 0.245. The lowest BCUT2D eigenvalue weighted by Gasteiger charge is -2.40. The lowest BCUT2D eigenvalue weighted by molar-refractivity contribution is -0.161. The number of allylic oxidation sites excluding steroid dienone is 1. The van der Waals surface area contributed by atoms with Crippen LogP contribution in [0.25, 0.3) is 0 Å². The van der Waals surface area contributed by atoms with Crippen molar-refractivity contribution in [2.75, 3.05) is 19.7 Å². The number of aliphatic hydroxyl groups is 1. The highest BCUT2D eigenvalue weighted by Gasteiger charge is 2.75. The minimum absolute atomic E-state index is 0.0207. The Morgan fingerprint density at radius 1 is 0.979 bits per heavy atom. The summed E-state index contributed by atoms with van der Waals surface area (Å²) in [6, 6.07) is 7.81. The molecule has 4 heterocycles. The van der Waals surface area contributed by atoms with Gasteiger partial charge < -0.3 is 29.7 Å². The van der Waals surface area contributed by atoms with E-state index in [1.54, 1.807) is 4.90 Å². The van der Waals surface area contributed by atoms with Crippen LogP contribution in [0.3, 0.4) is 0 Å². The van der Waals surface area contributed by atoms with Crippen molar-refractivity contribution in [2.24, 2.45) is 11.8 Å². The van der Waals surface area contributed by atoms with Gasteiger partial charge in [0.05, 0.1) is 12.0 Å². The van der Waals surface area contributed by atoms with Gasteiger partial charge in [-0.3, -0.25) is 19.2 Å². The topological polar surface area (TPSA) is 125 Å². The Kier molecular flexibility index (Phi) is 10.5. The summed E-state index contributed by atoms with van der Waals surface area (Å²) in [5.74, 6) is -3.14. The van der Waals surface area contributed by atoms with Gasteiger partial charge in [0, 0.05) is 36.6 Å². The molecule has 47 heavy (non-hydrogen) atoms. The first-order chi connectivity index (χ1) is 22.8. The molecule has 5 bridgehead atoms. The lowest BCUT2D eigenvalue weighted by Crippen LogP contribution is -2.58. The summed E-state index contributed by atoms with van der Waals surface area (Å²) in [4.78, 5) is 60.3. The molecule has 2 N–H and O–H groups in total. The fourth-order valence-electron chi connectivity index (χ4n) is 8.27. The van der Waals surface area contributed by atoms with Crippen molar-refractivity contribution in [3.8, 4) is 0 Å². The number of carbonyl (C=O) groups excluding carboxylic acids is 4. The molecule has 5 aliphatic rings. The van der Waals surface area contributed by atoms with Crippen molar-refractivity contribution in [1.29, 1.82) is 0 Å². The largest absolute Gasteiger partial charge is 0.455 e. The lowest BCUT2D eigenvalue weighted by atomic mass is 9.74. The monoisotopic (exact) mass is 711 g/mol. The van der Waals surface area contributed by atoms with Gasteiger partial charge in [-0.25, -0.2) is 0 Å². The summed E-state index contributed by atoms with van der Waals surface area (Å²) < 4.78 is 13.6. The number of benzene rings is 1. The average Bonchev–Trinajstić information content (AvgIpc) is 3.66. The van der Waals surface area contributed by atoms with Gasteiger partial charge in [0.25, 0.3) is 0 Å². The van der Waals surface area contributed by atoms with Crippen LogP contribution >= 0.6 is 15.9 Å². The Bertz CT molecular complexity index is 1400. The number of likely N-dealkylation sites (tertiary alicyclic amines) is 1. The molecule has 1 saturated carbocycles. The van der Waals surface area contributed by atoms with E-state index in [2.05, 4.69) is 21.2 Å². The molecule has 7 atom stereocenters. The molecule has 254 valence electrons. The van der Waals surface area contributed by atoms with E-state index in [4.69, 9.17) is 9.47 Å². The number of nitrogens with zero attached hydrogens (tertiary/aromatic N) is 2. The van der Waals surface area contributed by atoms with Crippen LogP contribution in [0.4, 0.5) is 0 Å². The van der Waals surface area contributed by atoms with E-state index >= 15 is 0 Å². The van der Waals surface area contributed by atoms with Gasteiger partial charge >= 0.3 is 5.97 Å². The van der Waals surface area contributed by atoms with Gasteiger partial charge in [0.15, 0.2) is 0 Å². The molecule has 6 rings (SSSR count). The molecule has 11 heteroatoms. The van der Waals surface area contributed by atoms with E-state index in [0.29, 0.717) is 43.3 Å². The number of rotatable bonds is 7. The first kappa shape index (κ1) is 33.9. The molecule has 1 spiro atoms. The van der Waals surface area contributed by atoms with E-state index in [9.17, 15) is 24.3 Å². The second kappa shape index (κ2) is 14.6. The third-order valence-electron chi connectivity index (χ3n) is 10.5. The van der Waals surface area contributed by atoms with Crippen LogP contribution < -0.4 is 5.32 Å². The summed E-state index contributed by atoms with van der Waals surface area (Å²) in [6.07, 6.45) is 11.8. The molecule has 2 saturated heterocycles. The summed E-state index contributed by atoms with van der Waals surface area (Å²) in [5, 5.41) is 12.4. The number of fused-ring (bicyclic) bond motifs is 2. The second-order valence-electron chi connectivity index (χ2n) is 13.6. The third kappa shape index (κ3) is 6.55. The Labute approximate surface area is 285 Å². The van der Waals surface area contributed by atoms with Crippen LogP contribution in [0.1, 0.15) is 82.8 Å². The van der Waals surface area contributed by atoms with Crippen LogP contribution in [0.5, 0.6) is 0 Å². The number of cyclic esters (lactones) is 1. The minimum Gasteiger partial charge on any atom is -0.455 e. The maximum atomic E-state index is 14.9. The zero-order chi connectivity index (χ0) is 33.1. The molecular weight excluding hydrogens is 666 g/mol. The number of aliphatic hydroxyl groups excluding tert-OH is 1. The highest BCUT2D eigenvalue weighted by atomic mass is 79.9. The van der Waals surface area contributed by atoms with Gasteiger partial charge in [-0.1, -0.05) is 77.7 Å². The molecule has 1 aliphatic carbocycles.